The van der Waals surface area contributed by atoms with Crippen molar-refractivity contribution >= 4 is 28.7 Å². The maximum Gasteiger partial charge on any atom is 0.411 e. The Morgan fingerprint density at radius 2 is 1.58 bits per heavy atom. The third-order valence-corrected chi connectivity index (χ3v) is 6.02. The van der Waals surface area contributed by atoms with E-state index < -0.39 is 17.7 Å². The third kappa shape index (κ3) is 4.47. The Morgan fingerprint density at radius 1 is 0.944 bits per heavy atom. The first-order valence-corrected chi connectivity index (χ1v) is 11.7. The van der Waals surface area contributed by atoms with Crippen molar-refractivity contribution in [2.24, 2.45) is 0 Å². The number of hydrogen-bond acceptors (Lipinski definition) is 5. The zero-order valence-electron chi connectivity index (χ0n) is 20.2. The van der Waals surface area contributed by atoms with E-state index in [1.54, 1.807) is 18.2 Å². The van der Waals surface area contributed by atoms with Gasteiger partial charge in [-0.1, -0.05) is 54.6 Å². The summed E-state index contributed by atoms with van der Waals surface area (Å²) in [5, 5.41) is 12.9. The number of aromatic nitrogens is 1. The van der Waals surface area contributed by atoms with Crippen LogP contribution < -0.4 is 10.1 Å². The van der Waals surface area contributed by atoms with Crippen molar-refractivity contribution in [3.05, 3.63) is 89.6 Å². The second-order valence-electron chi connectivity index (χ2n) is 9.68. The van der Waals surface area contributed by atoms with E-state index in [0.717, 1.165) is 22.3 Å². The van der Waals surface area contributed by atoms with Gasteiger partial charge >= 0.3 is 12.1 Å². The molecule has 0 aliphatic heterocycles. The largest absolute Gasteiger partial charge is 0.487 e. The number of pyridine rings is 1. The van der Waals surface area contributed by atoms with E-state index in [4.69, 9.17) is 9.47 Å². The number of nitrogens with zero attached hydrogens (tertiary/aromatic N) is 1. The Labute approximate surface area is 208 Å². The molecule has 7 heteroatoms. The highest BCUT2D eigenvalue weighted by molar-refractivity contribution is 6.02. The molecule has 0 fully saturated rings. The summed E-state index contributed by atoms with van der Waals surface area (Å²) in [5.74, 6) is -0.883. The Kier molecular flexibility index (Phi) is 5.84. The summed E-state index contributed by atoms with van der Waals surface area (Å²) in [6, 6.07) is 22.8. The molecule has 0 radical (unpaired) electrons. The average Bonchev–Trinajstić information content (AvgIpc) is 3.16. The number of carbonyl (C=O) groups excluding carboxylic acids is 1. The molecular weight excluding hydrogens is 456 g/mol. The topological polar surface area (TPSA) is 97.8 Å². The predicted molar refractivity (Wildman–Crippen MR) is 138 cm³/mol. The number of para-hydroxylation sites is 1. The number of carboxylic acid groups (broad SMARTS) is 1. The van der Waals surface area contributed by atoms with Crippen molar-refractivity contribution in [1.29, 1.82) is 0 Å². The number of carboxylic acids is 1. The molecule has 1 heterocycles. The van der Waals surface area contributed by atoms with Gasteiger partial charge in [-0.3, -0.25) is 5.32 Å². The SMILES string of the molecule is CC(C)(C)Oc1cc(C(=O)O)nc2c(NC(=O)OCC3c4ccccc4-c4ccccc43)cccc12. The van der Waals surface area contributed by atoms with Gasteiger partial charge in [0.15, 0.2) is 5.69 Å². The van der Waals surface area contributed by atoms with Crippen molar-refractivity contribution in [3.63, 3.8) is 0 Å². The zero-order valence-corrected chi connectivity index (χ0v) is 20.2. The minimum absolute atomic E-state index is 0.0702. The second-order valence-corrected chi connectivity index (χ2v) is 9.68. The number of amides is 1. The van der Waals surface area contributed by atoms with E-state index in [1.165, 1.54) is 6.07 Å². The molecule has 0 saturated heterocycles. The maximum atomic E-state index is 12.9. The molecule has 1 aliphatic rings. The lowest BCUT2D eigenvalue weighted by atomic mass is 9.98. The van der Waals surface area contributed by atoms with E-state index in [-0.39, 0.29) is 18.2 Å². The lowest BCUT2D eigenvalue weighted by molar-refractivity contribution is 0.0688. The number of nitrogens with one attached hydrogen (secondary N) is 1. The van der Waals surface area contributed by atoms with Gasteiger partial charge in [-0.05, 0) is 55.2 Å². The standard InChI is InChI=1S/C29H26N2O5/c1-29(2,3)36-25-15-24(27(32)33)30-26-21(25)13-8-14-23(26)31-28(34)35-16-22-19-11-6-4-9-17(19)18-10-5-7-12-20(18)22/h4-15,22H,16H2,1-3H3,(H,31,34)(H,32,33). The van der Waals surface area contributed by atoms with Crippen LogP contribution in [0.25, 0.3) is 22.0 Å². The number of ether oxygens (including phenoxy) is 2. The fourth-order valence-corrected chi connectivity index (χ4v) is 4.59. The number of rotatable bonds is 5. The average molecular weight is 483 g/mol. The van der Waals surface area contributed by atoms with Gasteiger partial charge < -0.3 is 14.6 Å². The highest BCUT2D eigenvalue weighted by atomic mass is 16.5. The van der Waals surface area contributed by atoms with Gasteiger partial charge in [-0.25, -0.2) is 14.6 Å². The number of benzene rings is 3. The molecule has 0 atom stereocenters. The molecule has 5 rings (SSSR count). The summed E-state index contributed by atoms with van der Waals surface area (Å²) in [7, 11) is 0. The Morgan fingerprint density at radius 3 is 2.19 bits per heavy atom. The third-order valence-electron chi connectivity index (χ3n) is 6.02. The first-order chi connectivity index (χ1) is 17.2. The molecule has 1 aliphatic carbocycles. The van der Waals surface area contributed by atoms with E-state index in [0.29, 0.717) is 22.3 Å². The van der Waals surface area contributed by atoms with E-state index >= 15 is 0 Å². The number of fused-ring (bicyclic) bond motifs is 4. The highest BCUT2D eigenvalue weighted by Gasteiger charge is 2.29. The van der Waals surface area contributed by atoms with Crippen LogP contribution in [-0.2, 0) is 4.74 Å². The molecule has 1 aromatic heterocycles. The number of anilines is 1. The first-order valence-electron chi connectivity index (χ1n) is 11.7. The Balaban J connectivity index is 1.41. The van der Waals surface area contributed by atoms with Crippen molar-refractivity contribution in [1.82, 2.24) is 4.98 Å². The number of carbonyl (C=O) groups is 2. The first kappa shape index (κ1) is 23.4. The van der Waals surface area contributed by atoms with Crippen LogP contribution in [0.1, 0.15) is 48.3 Å². The molecular formula is C29H26N2O5. The molecule has 0 spiro atoms. The molecule has 36 heavy (non-hydrogen) atoms. The quantitative estimate of drug-likeness (QED) is 0.338. The minimum Gasteiger partial charge on any atom is -0.487 e. The van der Waals surface area contributed by atoms with Crippen LogP contribution in [0.4, 0.5) is 10.5 Å². The molecule has 3 aromatic carbocycles. The van der Waals surface area contributed by atoms with Gasteiger partial charge in [0.25, 0.3) is 0 Å². The smallest absolute Gasteiger partial charge is 0.411 e. The van der Waals surface area contributed by atoms with Crippen molar-refractivity contribution in [3.8, 4) is 16.9 Å². The molecule has 1 amide bonds. The van der Waals surface area contributed by atoms with Gasteiger partial charge in [-0.15, -0.1) is 0 Å². The molecule has 4 aromatic rings. The van der Waals surface area contributed by atoms with E-state index in [1.807, 2.05) is 45.0 Å². The monoisotopic (exact) mass is 482 g/mol. The second kappa shape index (κ2) is 9.00. The molecule has 182 valence electrons. The lowest BCUT2D eigenvalue weighted by Crippen LogP contribution is -2.23. The summed E-state index contributed by atoms with van der Waals surface area (Å²) < 4.78 is 11.7. The Bertz CT molecular complexity index is 1440. The highest BCUT2D eigenvalue weighted by Crippen LogP contribution is 2.44. The Hall–Kier alpha value is -4.39. The minimum atomic E-state index is -1.19. The fraction of sp³-hybridized carbons (Fsp3) is 0.207. The van der Waals surface area contributed by atoms with Crippen LogP contribution in [-0.4, -0.2) is 34.4 Å². The molecule has 0 saturated carbocycles. The van der Waals surface area contributed by atoms with Crippen LogP contribution in [0, 0.1) is 0 Å². The molecule has 0 unspecified atom stereocenters. The summed E-state index contributed by atoms with van der Waals surface area (Å²) >= 11 is 0. The molecule has 0 bridgehead atoms. The van der Waals surface area contributed by atoms with Crippen molar-refractivity contribution in [2.45, 2.75) is 32.3 Å². The lowest BCUT2D eigenvalue weighted by Gasteiger charge is -2.23. The van der Waals surface area contributed by atoms with Crippen LogP contribution >= 0.6 is 0 Å². The van der Waals surface area contributed by atoms with Gasteiger partial charge in [0, 0.05) is 17.4 Å². The molecule has 2 N–H and O–H groups in total. The van der Waals surface area contributed by atoms with Crippen LogP contribution in [0.5, 0.6) is 5.75 Å². The maximum absolute atomic E-state index is 12.9. The summed E-state index contributed by atoms with van der Waals surface area (Å²) in [5.41, 5.74) is 4.45. The fourth-order valence-electron chi connectivity index (χ4n) is 4.59. The van der Waals surface area contributed by atoms with Gasteiger partial charge in [-0.2, -0.15) is 0 Å². The predicted octanol–water partition coefficient (Wildman–Crippen LogP) is 6.47. The van der Waals surface area contributed by atoms with Crippen molar-refractivity contribution < 1.29 is 24.2 Å². The van der Waals surface area contributed by atoms with E-state index in [2.05, 4.69) is 34.6 Å². The van der Waals surface area contributed by atoms with Crippen LogP contribution in [0.3, 0.4) is 0 Å². The van der Waals surface area contributed by atoms with Crippen LogP contribution in [0.2, 0.25) is 0 Å². The normalized spacial score (nSPS) is 12.6. The van der Waals surface area contributed by atoms with Gasteiger partial charge in [0.2, 0.25) is 0 Å². The van der Waals surface area contributed by atoms with Crippen molar-refractivity contribution in [2.75, 3.05) is 11.9 Å². The number of hydrogen-bond donors (Lipinski definition) is 2. The summed E-state index contributed by atoms with van der Waals surface area (Å²) in [6.45, 7) is 5.78. The summed E-state index contributed by atoms with van der Waals surface area (Å²) in [4.78, 5) is 28.8. The molecule has 7 nitrogen and oxygen atoms in total. The zero-order chi connectivity index (χ0) is 25.4. The van der Waals surface area contributed by atoms with Gasteiger partial charge in [0.05, 0.1) is 11.2 Å². The number of aromatic carboxylic acids is 1. The van der Waals surface area contributed by atoms with Crippen LogP contribution in [0.15, 0.2) is 72.8 Å². The summed E-state index contributed by atoms with van der Waals surface area (Å²) in [6.07, 6.45) is -0.648. The van der Waals surface area contributed by atoms with E-state index in [9.17, 15) is 14.7 Å². The van der Waals surface area contributed by atoms with Gasteiger partial charge in [0.1, 0.15) is 18.0 Å².